The molecular formula is C17H29NO3. The maximum atomic E-state index is 11.7. The number of ether oxygens (including phenoxy) is 1. The molecule has 0 rings (SSSR count). The molecular weight excluding hydrogens is 266 g/mol. The minimum absolute atomic E-state index is 0.0853. The van der Waals surface area contributed by atoms with E-state index >= 15 is 0 Å². The summed E-state index contributed by atoms with van der Waals surface area (Å²) < 4.78 is 4.88. The minimum Gasteiger partial charge on any atom is -0.462 e. The Bertz CT molecular complexity index is 385. The van der Waals surface area contributed by atoms with E-state index in [0.29, 0.717) is 11.8 Å². The standard InChI is InChI=1S/C17H29NO3/c1-7-21-17(20)16(15(6)19)9-8-10-18(11-13(2)3)12-14(4)5/h8-10,13-14H,7,11-12H2,1-6H3/b10-8+,16-9-. The van der Waals surface area contributed by atoms with E-state index in [0.717, 1.165) is 13.1 Å². The number of carbonyl (C=O) groups is 2. The van der Waals surface area contributed by atoms with Crippen LogP contribution in [0.25, 0.3) is 0 Å². The SMILES string of the molecule is CCOC(=O)/C(=C\C=C\N(CC(C)C)CC(C)C)C(C)=O. The molecule has 0 spiro atoms. The van der Waals surface area contributed by atoms with Crippen LogP contribution in [0, 0.1) is 11.8 Å². The van der Waals surface area contributed by atoms with Crippen molar-refractivity contribution in [3.05, 3.63) is 23.9 Å². The second kappa shape index (κ2) is 10.2. The highest BCUT2D eigenvalue weighted by Gasteiger charge is 2.14. The summed E-state index contributed by atoms with van der Waals surface area (Å²) in [7, 11) is 0. The molecule has 0 aliphatic carbocycles. The summed E-state index contributed by atoms with van der Waals surface area (Å²) in [5, 5.41) is 0. The van der Waals surface area contributed by atoms with Gasteiger partial charge in [0.1, 0.15) is 5.57 Å². The molecule has 0 atom stereocenters. The Kier molecular flexibility index (Phi) is 9.42. The van der Waals surface area contributed by atoms with Crippen molar-refractivity contribution in [2.45, 2.75) is 41.5 Å². The summed E-state index contributed by atoms with van der Waals surface area (Å²) in [5.74, 6) is 0.260. The zero-order valence-corrected chi connectivity index (χ0v) is 14.2. The Hall–Kier alpha value is -1.58. The summed E-state index contributed by atoms with van der Waals surface area (Å²) in [6, 6.07) is 0. The van der Waals surface area contributed by atoms with Crippen LogP contribution in [0.15, 0.2) is 23.9 Å². The van der Waals surface area contributed by atoms with Crippen LogP contribution in [0.5, 0.6) is 0 Å². The van der Waals surface area contributed by atoms with Crippen molar-refractivity contribution in [2.24, 2.45) is 11.8 Å². The van der Waals surface area contributed by atoms with E-state index in [1.54, 1.807) is 13.0 Å². The second-order valence-electron chi connectivity index (χ2n) is 5.94. The fraction of sp³-hybridized carbons (Fsp3) is 0.647. The van der Waals surface area contributed by atoms with Crippen molar-refractivity contribution in [2.75, 3.05) is 19.7 Å². The first-order valence-corrected chi connectivity index (χ1v) is 7.58. The molecule has 4 nitrogen and oxygen atoms in total. The molecule has 0 radical (unpaired) electrons. The van der Waals surface area contributed by atoms with E-state index in [2.05, 4.69) is 32.6 Å². The normalized spacial score (nSPS) is 12.3. The highest BCUT2D eigenvalue weighted by atomic mass is 16.5. The van der Waals surface area contributed by atoms with Crippen molar-refractivity contribution < 1.29 is 14.3 Å². The first kappa shape index (κ1) is 19.4. The lowest BCUT2D eigenvalue weighted by molar-refractivity contribution is -0.139. The van der Waals surface area contributed by atoms with Gasteiger partial charge in [-0.2, -0.15) is 0 Å². The van der Waals surface area contributed by atoms with E-state index in [1.165, 1.54) is 13.0 Å². The molecule has 0 aliphatic heterocycles. The lowest BCUT2D eigenvalue weighted by Crippen LogP contribution is -2.26. The monoisotopic (exact) mass is 295 g/mol. The van der Waals surface area contributed by atoms with E-state index in [9.17, 15) is 9.59 Å². The van der Waals surface area contributed by atoms with Gasteiger partial charge in [0.2, 0.25) is 0 Å². The van der Waals surface area contributed by atoms with Gasteiger partial charge in [-0.05, 0) is 44.0 Å². The van der Waals surface area contributed by atoms with E-state index in [1.807, 2.05) is 6.20 Å². The van der Waals surface area contributed by atoms with Gasteiger partial charge in [0.25, 0.3) is 0 Å². The first-order chi connectivity index (χ1) is 9.77. The molecule has 0 fully saturated rings. The van der Waals surface area contributed by atoms with Gasteiger partial charge in [0.05, 0.1) is 6.61 Å². The molecule has 0 N–H and O–H groups in total. The predicted molar refractivity (Wildman–Crippen MR) is 85.8 cm³/mol. The average molecular weight is 295 g/mol. The van der Waals surface area contributed by atoms with Crippen molar-refractivity contribution in [1.82, 2.24) is 4.90 Å². The number of Topliss-reactive ketones (excluding diaryl/α,β-unsaturated/α-hetero) is 1. The molecule has 0 unspecified atom stereocenters. The first-order valence-electron chi connectivity index (χ1n) is 7.58. The summed E-state index contributed by atoms with van der Waals surface area (Å²) in [6.45, 7) is 13.9. The number of nitrogens with zero attached hydrogens (tertiary/aromatic N) is 1. The number of rotatable bonds is 9. The summed E-state index contributed by atoms with van der Waals surface area (Å²) in [6.07, 6.45) is 5.22. The van der Waals surface area contributed by atoms with E-state index in [-0.39, 0.29) is 18.0 Å². The topological polar surface area (TPSA) is 46.6 Å². The Morgan fingerprint density at radius 3 is 2.00 bits per heavy atom. The highest BCUT2D eigenvalue weighted by molar-refractivity contribution is 6.16. The fourth-order valence-electron chi connectivity index (χ4n) is 1.93. The molecule has 0 saturated heterocycles. The molecule has 4 heteroatoms. The second-order valence-corrected chi connectivity index (χ2v) is 5.94. The lowest BCUT2D eigenvalue weighted by Gasteiger charge is -2.24. The zero-order valence-electron chi connectivity index (χ0n) is 14.2. The third kappa shape index (κ3) is 9.05. The summed E-state index contributed by atoms with van der Waals surface area (Å²) in [5.41, 5.74) is 0.0853. The predicted octanol–water partition coefficient (Wildman–Crippen LogP) is 3.19. The van der Waals surface area contributed by atoms with Gasteiger partial charge in [-0.1, -0.05) is 27.7 Å². The quantitative estimate of drug-likeness (QED) is 0.215. The van der Waals surface area contributed by atoms with Crippen LogP contribution in [-0.2, 0) is 14.3 Å². The Morgan fingerprint density at radius 1 is 1.10 bits per heavy atom. The molecule has 0 amide bonds. The van der Waals surface area contributed by atoms with Crippen LogP contribution in [0.4, 0.5) is 0 Å². The molecule has 21 heavy (non-hydrogen) atoms. The van der Waals surface area contributed by atoms with Gasteiger partial charge < -0.3 is 9.64 Å². The maximum absolute atomic E-state index is 11.7. The number of ketones is 1. The fourth-order valence-corrected chi connectivity index (χ4v) is 1.93. The Balaban J connectivity index is 4.94. The smallest absolute Gasteiger partial charge is 0.341 e. The Morgan fingerprint density at radius 2 is 1.62 bits per heavy atom. The van der Waals surface area contributed by atoms with Gasteiger partial charge in [0.15, 0.2) is 5.78 Å². The highest BCUT2D eigenvalue weighted by Crippen LogP contribution is 2.06. The van der Waals surface area contributed by atoms with Crippen LogP contribution < -0.4 is 0 Å². The number of hydrogen-bond donors (Lipinski definition) is 0. The van der Waals surface area contributed by atoms with E-state index in [4.69, 9.17) is 4.74 Å². The summed E-state index contributed by atoms with van der Waals surface area (Å²) >= 11 is 0. The van der Waals surface area contributed by atoms with Crippen LogP contribution in [0.1, 0.15) is 41.5 Å². The van der Waals surface area contributed by atoms with Crippen LogP contribution in [0.3, 0.4) is 0 Å². The number of carbonyl (C=O) groups excluding carboxylic acids is 2. The van der Waals surface area contributed by atoms with Crippen molar-refractivity contribution in [1.29, 1.82) is 0 Å². The molecule has 0 bridgehead atoms. The molecule has 0 aromatic rings. The molecule has 0 aromatic carbocycles. The molecule has 120 valence electrons. The Labute approximate surface area is 128 Å². The van der Waals surface area contributed by atoms with Crippen LogP contribution in [0.2, 0.25) is 0 Å². The van der Waals surface area contributed by atoms with Crippen LogP contribution >= 0.6 is 0 Å². The number of allylic oxidation sites excluding steroid dienone is 2. The van der Waals surface area contributed by atoms with Crippen molar-refractivity contribution >= 4 is 11.8 Å². The van der Waals surface area contributed by atoms with Crippen LogP contribution in [-0.4, -0.2) is 36.3 Å². The lowest BCUT2D eigenvalue weighted by atomic mass is 10.1. The average Bonchev–Trinajstić information content (AvgIpc) is 2.32. The van der Waals surface area contributed by atoms with Gasteiger partial charge >= 0.3 is 5.97 Å². The number of esters is 1. The molecule has 0 aromatic heterocycles. The molecule has 0 heterocycles. The molecule has 0 aliphatic rings. The van der Waals surface area contributed by atoms with Crippen molar-refractivity contribution in [3.63, 3.8) is 0 Å². The third-order valence-corrected chi connectivity index (χ3v) is 2.63. The number of hydrogen-bond acceptors (Lipinski definition) is 4. The summed E-state index contributed by atoms with van der Waals surface area (Å²) in [4.78, 5) is 25.3. The largest absolute Gasteiger partial charge is 0.462 e. The molecule has 0 saturated carbocycles. The zero-order chi connectivity index (χ0) is 16.4. The maximum Gasteiger partial charge on any atom is 0.341 e. The minimum atomic E-state index is -0.561. The van der Waals surface area contributed by atoms with Gasteiger partial charge in [-0.15, -0.1) is 0 Å². The third-order valence-electron chi connectivity index (χ3n) is 2.63. The van der Waals surface area contributed by atoms with Gasteiger partial charge in [-0.25, -0.2) is 4.79 Å². The van der Waals surface area contributed by atoms with Gasteiger partial charge in [-0.3, -0.25) is 4.79 Å². The van der Waals surface area contributed by atoms with E-state index < -0.39 is 5.97 Å². The van der Waals surface area contributed by atoms with Gasteiger partial charge in [0, 0.05) is 13.1 Å². The van der Waals surface area contributed by atoms with Crippen molar-refractivity contribution in [3.8, 4) is 0 Å².